The van der Waals surface area contributed by atoms with Gasteiger partial charge in [-0.05, 0) is 30.3 Å². The van der Waals surface area contributed by atoms with Gasteiger partial charge >= 0.3 is 0 Å². The third kappa shape index (κ3) is 20.8. The van der Waals surface area contributed by atoms with E-state index < -0.39 is 0 Å². The van der Waals surface area contributed by atoms with Crippen LogP contribution in [0.4, 0.5) is 0 Å². The monoisotopic (exact) mass is 756 g/mol. The molecule has 0 atom stereocenters. The molecule has 3 aromatic rings. The molecule has 0 amide bonds. The lowest BCUT2D eigenvalue weighted by molar-refractivity contribution is -0.0280. The number of hydrogen-bond acceptors (Lipinski definition) is 15. The maximum absolute atomic E-state index is 12.7. The number of hydrogen-bond donors (Lipinski definition) is 1. The van der Waals surface area contributed by atoms with Crippen LogP contribution in [0.3, 0.4) is 0 Å². The van der Waals surface area contributed by atoms with E-state index in [1.54, 1.807) is 11.3 Å². The second-order valence-electron chi connectivity index (χ2n) is 10.9. The second-order valence-corrected chi connectivity index (χ2v) is 12.0. The summed E-state index contributed by atoms with van der Waals surface area (Å²) in [7, 11) is 0. The van der Waals surface area contributed by atoms with Crippen LogP contribution >= 0.6 is 11.3 Å². The molecular weight excluding hydrogens is 700 g/mol. The maximum atomic E-state index is 12.7. The van der Waals surface area contributed by atoms with Gasteiger partial charge in [-0.1, -0.05) is 12.1 Å². The first-order valence-corrected chi connectivity index (χ1v) is 18.7. The Morgan fingerprint density at radius 3 is 1.15 bits per heavy atom. The Morgan fingerprint density at radius 1 is 0.404 bits per heavy atom. The van der Waals surface area contributed by atoms with Gasteiger partial charge in [-0.2, -0.15) is 0 Å². The standard InChI is InChI=1S/C37H56O14S/c38-7-8-40-9-10-41-11-12-42-13-14-43-15-16-44-17-18-45-19-20-46-21-22-47-23-24-48-25-26-49-27-28-50-29-30-51-32-5-6-34-36(31-32)52-35-4-2-1-3-33(35)37(34)39/h1-6,31,38H,7-30H2. The van der Waals surface area contributed by atoms with Crippen LogP contribution in [0, 0.1) is 0 Å². The third-order valence-corrected chi connectivity index (χ3v) is 8.13. The molecule has 0 unspecified atom stereocenters. The molecule has 0 radical (unpaired) electrons. The molecule has 1 aromatic heterocycles. The highest BCUT2D eigenvalue weighted by molar-refractivity contribution is 7.24. The van der Waals surface area contributed by atoms with E-state index in [1.807, 2.05) is 42.5 Å². The lowest BCUT2D eigenvalue weighted by Gasteiger charge is -2.09. The number of fused-ring (bicyclic) bond motifs is 2. The molecule has 0 saturated heterocycles. The SMILES string of the molecule is O=c1c2ccccc2sc2cc(OCCOCCOCCOCCOCCOCCOCCOCCOCCOCCOCCOCCO)ccc12. The molecule has 294 valence electrons. The van der Waals surface area contributed by atoms with Gasteiger partial charge in [0.25, 0.3) is 0 Å². The minimum absolute atomic E-state index is 0.0212. The fourth-order valence-electron chi connectivity index (χ4n) is 4.46. The van der Waals surface area contributed by atoms with Crippen molar-refractivity contribution in [3.63, 3.8) is 0 Å². The topological polar surface area (TPSA) is 148 Å². The van der Waals surface area contributed by atoms with Gasteiger partial charge in [-0.3, -0.25) is 4.79 Å². The Morgan fingerprint density at radius 2 is 0.750 bits per heavy atom. The smallest absolute Gasteiger partial charge is 0.195 e. The number of aliphatic hydroxyl groups excluding tert-OH is 1. The van der Waals surface area contributed by atoms with E-state index in [2.05, 4.69) is 0 Å². The van der Waals surface area contributed by atoms with E-state index in [0.29, 0.717) is 163 Å². The first-order valence-electron chi connectivity index (χ1n) is 17.8. The largest absolute Gasteiger partial charge is 0.491 e. The molecule has 0 spiro atoms. The Bertz CT molecular complexity index is 1340. The van der Waals surface area contributed by atoms with Crippen molar-refractivity contribution in [3.05, 3.63) is 52.7 Å². The van der Waals surface area contributed by atoms with Gasteiger partial charge in [-0.15, -0.1) is 11.3 Å². The predicted octanol–water partition coefficient (Wildman–Crippen LogP) is 2.97. The molecule has 0 aliphatic carbocycles. The summed E-state index contributed by atoms with van der Waals surface area (Å²) in [6.07, 6.45) is 0. The van der Waals surface area contributed by atoms with Crippen LogP contribution in [0.2, 0.25) is 0 Å². The van der Waals surface area contributed by atoms with E-state index in [9.17, 15) is 4.79 Å². The summed E-state index contributed by atoms with van der Waals surface area (Å²) in [4.78, 5) is 12.7. The average Bonchev–Trinajstić information content (AvgIpc) is 3.16. The van der Waals surface area contributed by atoms with E-state index in [-0.39, 0.29) is 12.0 Å². The van der Waals surface area contributed by atoms with Crippen LogP contribution in [-0.4, -0.2) is 164 Å². The Balaban J connectivity index is 0.961. The van der Waals surface area contributed by atoms with Crippen molar-refractivity contribution in [2.45, 2.75) is 0 Å². The van der Waals surface area contributed by atoms with Crippen LogP contribution < -0.4 is 10.2 Å². The molecule has 1 heterocycles. The fraction of sp³-hybridized carbons (Fsp3) is 0.649. The van der Waals surface area contributed by atoms with Gasteiger partial charge < -0.3 is 61.9 Å². The molecular formula is C37H56O14S. The minimum atomic E-state index is 0.0212. The second kappa shape index (κ2) is 31.0. The van der Waals surface area contributed by atoms with Crippen molar-refractivity contribution in [2.24, 2.45) is 0 Å². The molecule has 0 saturated carbocycles. The number of ether oxygens (including phenoxy) is 12. The van der Waals surface area contributed by atoms with Crippen LogP contribution in [0.1, 0.15) is 0 Å². The molecule has 1 N–H and O–H groups in total. The van der Waals surface area contributed by atoms with Crippen molar-refractivity contribution in [1.29, 1.82) is 0 Å². The summed E-state index contributed by atoms with van der Waals surface area (Å²) in [6.45, 7) is 11.0. The van der Waals surface area contributed by atoms with E-state index in [0.717, 1.165) is 14.8 Å². The van der Waals surface area contributed by atoms with E-state index >= 15 is 0 Å². The van der Waals surface area contributed by atoms with Gasteiger partial charge in [0, 0.05) is 20.2 Å². The summed E-state index contributed by atoms with van der Waals surface area (Å²) in [5.41, 5.74) is 0.0491. The van der Waals surface area contributed by atoms with Crippen LogP contribution in [-0.2, 0) is 52.1 Å². The van der Waals surface area contributed by atoms with Crippen molar-refractivity contribution in [1.82, 2.24) is 0 Å². The summed E-state index contributed by atoms with van der Waals surface area (Å²) in [5.74, 6) is 0.714. The van der Waals surface area contributed by atoms with Gasteiger partial charge in [0.1, 0.15) is 12.4 Å². The highest BCUT2D eigenvalue weighted by Crippen LogP contribution is 2.27. The summed E-state index contributed by atoms with van der Waals surface area (Å²) in [5, 5.41) is 10.0. The van der Waals surface area contributed by atoms with Gasteiger partial charge in [0.2, 0.25) is 0 Å². The fourth-order valence-corrected chi connectivity index (χ4v) is 5.56. The number of aliphatic hydroxyl groups is 1. The Labute approximate surface area is 310 Å². The van der Waals surface area contributed by atoms with Crippen LogP contribution in [0.5, 0.6) is 5.75 Å². The van der Waals surface area contributed by atoms with Crippen molar-refractivity contribution < 1.29 is 61.9 Å². The third-order valence-electron chi connectivity index (χ3n) is 7.00. The molecule has 0 aliphatic rings. The first-order chi connectivity index (χ1) is 25.8. The van der Waals surface area contributed by atoms with Gasteiger partial charge in [-0.25, -0.2) is 0 Å². The molecule has 0 aliphatic heterocycles. The zero-order valence-electron chi connectivity index (χ0n) is 30.2. The van der Waals surface area contributed by atoms with Crippen LogP contribution in [0.25, 0.3) is 20.2 Å². The quantitative estimate of drug-likeness (QED) is 0.0685. The Kier molecular flexibility index (Phi) is 26.3. The zero-order chi connectivity index (χ0) is 36.6. The highest BCUT2D eigenvalue weighted by atomic mass is 32.1. The number of rotatable bonds is 36. The molecule has 0 bridgehead atoms. The summed E-state index contributed by atoms with van der Waals surface area (Å²) < 4.78 is 67.5. The molecule has 14 nitrogen and oxygen atoms in total. The summed E-state index contributed by atoms with van der Waals surface area (Å²) >= 11 is 1.59. The lowest BCUT2D eigenvalue weighted by Crippen LogP contribution is -2.15. The van der Waals surface area contributed by atoms with Gasteiger partial charge in [0.15, 0.2) is 5.43 Å². The maximum Gasteiger partial charge on any atom is 0.195 e. The highest BCUT2D eigenvalue weighted by Gasteiger charge is 2.07. The van der Waals surface area contributed by atoms with Crippen molar-refractivity contribution in [3.8, 4) is 5.75 Å². The molecule has 0 fully saturated rings. The van der Waals surface area contributed by atoms with E-state index in [1.165, 1.54) is 0 Å². The normalized spacial score (nSPS) is 11.6. The lowest BCUT2D eigenvalue weighted by atomic mass is 10.2. The average molecular weight is 757 g/mol. The molecule has 2 aromatic carbocycles. The molecule has 3 rings (SSSR count). The zero-order valence-corrected chi connectivity index (χ0v) is 31.0. The van der Waals surface area contributed by atoms with Gasteiger partial charge in [0.05, 0.1) is 152 Å². The Hall–Kier alpha value is -2.35. The van der Waals surface area contributed by atoms with Crippen LogP contribution in [0.15, 0.2) is 47.3 Å². The molecule has 15 heteroatoms. The van der Waals surface area contributed by atoms with E-state index in [4.69, 9.17) is 61.9 Å². The first kappa shape index (κ1) is 44.0. The minimum Gasteiger partial charge on any atom is -0.491 e. The van der Waals surface area contributed by atoms with Crippen molar-refractivity contribution >= 4 is 31.5 Å². The van der Waals surface area contributed by atoms with Crippen molar-refractivity contribution in [2.75, 3.05) is 159 Å². The molecule has 52 heavy (non-hydrogen) atoms. The number of benzene rings is 2. The predicted molar refractivity (Wildman–Crippen MR) is 197 cm³/mol. The summed E-state index contributed by atoms with van der Waals surface area (Å²) in [6, 6.07) is 13.2.